The van der Waals surface area contributed by atoms with E-state index in [0.29, 0.717) is 0 Å². The zero-order valence-electron chi connectivity index (χ0n) is 10.3. The van der Waals surface area contributed by atoms with Gasteiger partial charge in [-0.05, 0) is 17.7 Å². The molecule has 1 aromatic rings. The summed E-state index contributed by atoms with van der Waals surface area (Å²) in [6.07, 6.45) is 0. The van der Waals surface area contributed by atoms with Crippen LogP contribution in [0.5, 0.6) is 0 Å². The van der Waals surface area contributed by atoms with E-state index >= 15 is 0 Å². The third kappa shape index (κ3) is 3.65. The Labute approximate surface area is 112 Å². The molecule has 0 saturated carbocycles. The van der Waals surface area contributed by atoms with Crippen LogP contribution in [0, 0.1) is 5.82 Å². The highest BCUT2D eigenvalue weighted by molar-refractivity contribution is 6.30. The van der Waals surface area contributed by atoms with Crippen molar-refractivity contribution in [3.63, 3.8) is 0 Å². The van der Waals surface area contributed by atoms with Gasteiger partial charge in [-0.1, -0.05) is 17.7 Å². The summed E-state index contributed by atoms with van der Waals surface area (Å²) in [5.41, 5.74) is 1.04. The van der Waals surface area contributed by atoms with Crippen LogP contribution in [-0.4, -0.2) is 54.2 Å². The van der Waals surface area contributed by atoms with E-state index in [1.54, 1.807) is 12.1 Å². The molecule has 3 nitrogen and oxygen atoms in total. The second-order valence-corrected chi connectivity index (χ2v) is 5.00. The summed E-state index contributed by atoms with van der Waals surface area (Å²) in [7, 11) is 0. The van der Waals surface area contributed by atoms with Gasteiger partial charge < -0.3 is 5.11 Å². The lowest BCUT2D eigenvalue weighted by Gasteiger charge is -2.34. The Bertz CT molecular complexity index is 395. The molecule has 100 valence electrons. The molecule has 2 rings (SSSR count). The highest BCUT2D eigenvalue weighted by atomic mass is 35.5. The lowest BCUT2D eigenvalue weighted by molar-refractivity contribution is 0.108. The first-order valence-corrected chi connectivity index (χ1v) is 6.56. The number of nitrogens with zero attached hydrogens (tertiary/aromatic N) is 2. The number of rotatable bonds is 4. The van der Waals surface area contributed by atoms with Crippen molar-refractivity contribution in [2.75, 3.05) is 39.3 Å². The molecule has 18 heavy (non-hydrogen) atoms. The number of aliphatic hydroxyl groups is 1. The number of hydrogen-bond donors (Lipinski definition) is 1. The van der Waals surface area contributed by atoms with Gasteiger partial charge in [0.2, 0.25) is 0 Å². The van der Waals surface area contributed by atoms with Crippen molar-refractivity contribution < 1.29 is 9.50 Å². The van der Waals surface area contributed by atoms with Crippen molar-refractivity contribution in [2.45, 2.75) is 6.54 Å². The number of hydrogen-bond acceptors (Lipinski definition) is 3. The van der Waals surface area contributed by atoms with Gasteiger partial charge in [-0.15, -0.1) is 0 Å². The summed E-state index contributed by atoms with van der Waals surface area (Å²) in [6.45, 7) is 5.63. The van der Waals surface area contributed by atoms with Crippen LogP contribution in [0.3, 0.4) is 0 Å². The van der Waals surface area contributed by atoms with Gasteiger partial charge >= 0.3 is 0 Å². The van der Waals surface area contributed by atoms with Crippen LogP contribution in [0.1, 0.15) is 5.56 Å². The fraction of sp³-hybridized carbons (Fsp3) is 0.538. The average Bonchev–Trinajstić information content (AvgIpc) is 2.37. The molecule has 1 aromatic carbocycles. The van der Waals surface area contributed by atoms with Crippen molar-refractivity contribution in [3.8, 4) is 0 Å². The molecule has 1 fully saturated rings. The molecule has 1 saturated heterocycles. The standard InChI is InChI=1S/C13H18ClFN2O/c14-12-9-11(1-2-13(12)15)10-17-5-3-16(4-6-17)7-8-18/h1-2,9,18H,3-8,10H2. The predicted octanol–water partition coefficient (Wildman–Crippen LogP) is 1.59. The summed E-state index contributed by atoms with van der Waals surface area (Å²) < 4.78 is 13.0. The Morgan fingerprint density at radius 2 is 1.83 bits per heavy atom. The second-order valence-electron chi connectivity index (χ2n) is 4.59. The monoisotopic (exact) mass is 272 g/mol. The molecule has 0 bridgehead atoms. The van der Waals surface area contributed by atoms with Crippen LogP contribution in [-0.2, 0) is 6.54 Å². The third-order valence-electron chi connectivity index (χ3n) is 3.27. The minimum Gasteiger partial charge on any atom is -0.395 e. The average molecular weight is 273 g/mol. The largest absolute Gasteiger partial charge is 0.395 e. The fourth-order valence-electron chi connectivity index (χ4n) is 2.21. The van der Waals surface area contributed by atoms with Gasteiger partial charge in [-0.25, -0.2) is 4.39 Å². The van der Waals surface area contributed by atoms with Crippen molar-refractivity contribution >= 4 is 11.6 Å². The van der Waals surface area contributed by atoms with E-state index < -0.39 is 0 Å². The van der Waals surface area contributed by atoms with Crippen molar-refractivity contribution in [1.29, 1.82) is 0 Å². The summed E-state index contributed by atoms with van der Waals surface area (Å²) in [4.78, 5) is 4.56. The molecular formula is C13H18ClFN2O. The Morgan fingerprint density at radius 3 is 2.44 bits per heavy atom. The number of β-amino-alcohol motifs (C(OH)–C–C–N with tert-alkyl or cyclic N) is 1. The van der Waals surface area contributed by atoms with Gasteiger partial charge in [0.15, 0.2) is 0 Å². The van der Waals surface area contributed by atoms with E-state index in [1.807, 2.05) is 0 Å². The summed E-state index contributed by atoms with van der Waals surface area (Å²) in [5, 5.41) is 9.06. The Balaban J connectivity index is 1.85. The first-order valence-electron chi connectivity index (χ1n) is 6.18. The Morgan fingerprint density at radius 1 is 1.17 bits per heavy atom. The molecule has 0 radical (unpaired) electrons. The number of aliphatic hydroxyl groups excluding tert-OH is 1. The quantitative estimate of drug-likeness (QED) is 0.902. The summed E-state index contributed by atoms with van der Waals surface area (Å²) >= 11 is 5.77. The maximum atomic E-state index is 13.0. The maximum Gasteiger partial charge on any atom is 0.141 e. The number of halogens is 2. The first kappa shape index (κ1) is 13.7. The van der Waals surface area contributed by atoms with Crippen LogP contribution < -0.4 is 0 Å². The van der Waals surface area contributed by atoms with E-state index in [9.17, 15) is 4.39 Å². The topological polar surface area (TPSA) is 26.7 Å². The fourth-order valence-corrected chi connectivity index (χ4v) is 2.41. The van der Waals surface area contributed by atoms with Crippen molar-refractivity contribution in [2.24, 2.45) is 0 Å². The van der Waals surface area contributed by atoms with Crippen LogP contribution in [0.25, 0.3) is 0 Å². The van der Waals surface area contributed by atoms with Crippen LogP contribution in [0.15, 0.2) is 18.2 Å². The molecule has 0 aromatic heterocycles. The van der Waals surface area contributed by atoms with Gasteiger partial charge in [-0.3, -0.25) is 9.80 Å². The Kier molecular flexibility index (Phi) is 4.95. The van der Waals surface area contributed by atoms with Gasteiger partial charge in [0, 0.05) is 39.3 Å². The van der Waals surface area contributed by atoms with Crippen LogP contribution in [0.4, 0.5) is 4.39 Å². The molecule has 1 aliphatic rings. The van der Waals surface area contributed by atoms with Gasteiger partial charge in [0.1, 0.15) is 5.82 Å². The lowest BCUT2D eigenvalue weighted by atomic mass is 10.2. The molecule has 5 heteroatoms. The molecule has 1 heterocycles. The lowest BCUT2D eigenvalue weighted by Crippen LogP contribution is -2.46. The zero-order chi connectivity index (χ0) is 13.0. The van der Waals surface area contributed by atoms with E-state index in [0.717, 1.165) is 44.8 Å². The highest BCUT2D eigenvalue weighted by Crippen LogP contribution is 2.17. The van der Waals surface area contributed by atoms with E-state index in [2.05, 4.69) is 9.80 Å². The minimum absolute atomic E-state index is 0.186. The molecular weight excluding hydrogens is 255 g/mol. The van der Waals surface area contributed by atoms with Crippen LogP contribution >= 0.6 is 11.6 Å². The summed E-state index contributed by atoms with van der Waals surface area (Å²) in [6, 6.07) is 4.89. The zero-order valence-corrected chi connectivity index (χ0v) is 11.0. The van der Waals surface area contributed by atoms with Gasteiger partial charge in [-0.2, -0.15) is 0 Å². The first-order chi connectivity index (χ1) is 8.69. The van der Waals surface area contributed by atoms with Crippen molar-refractivity contribution in [3.05, 3.63) is 34.6 Å². The SMILES string of the molecule is OCCN1CCN(Cc2ccc(F)c(Cl)c2)CC1. The van der Waals surface area contributed by atoms with Gasteiger partial charge in [0.05, 0.1) is 11.6 Å². The molecule has 0 spiro atoms. The molecule has 1 aliphatic heterocycles. The minimum atomic E-state index is -0.367. The molecule has 0 aliphatic carbocycles. The van der Waals surface area contributed by atoms with E-state index in [1.165, 1.54) is 6.07 Å². The van der Waals surface area contributed by atoms with Crippen LogP contribution in [0.2, 0.25) is 5.02 Å². The maximum absolute atomic E-state index is 13.0. The normalized spacial score (nSPS) is 18.2. The Hall–Kier alpha value is -0.680. The smallest absolute Gasteiger partial charge is 0.141 e. The third-order valence-corrected chi connectivity index (χ3v) is 3.56. The van der Waals surface area contributed by atoms with Crippen molar-refractivity contribution in [1.82, 2.24) is 9.80 Å². The van der Waals surface area contributed by atoms with Gasteiger partial charge in [0.25, 0.3) is 0 Å². The highest BCUT2D eigenvalue weighted by Gasteiger charge is 2.16. The predicted molar refractivity (Wildman–Crippen MR) is 70.2 cm³/mol. The number of benzene rings is 1. The van der Waals surface area contributed by atoms with E-state index in [-0.39, 0.29) is 17.4 Å². The molecule has 0 unspecified atom stereocenters. The summed E-state index contributed by atoms with van der Waals surface area (Å²) in [5.74, 6) is -0.367. The molecule has 1 N–H and O–H groups in total. The molecule has 0 atom stereocenters. The second kappa shape index (κ2) is 6.48. The molecule has 0 amide bonds. The number of piperazine rings is 1. The van der Waals surface area contributed by atoms with E-state index in [4.69, 9.17) is 16.7 Å².